The Kier molecular flexibility index (Phi) is 3.95. The maximum absolute atomic E-state index is 3.79. The van der Waals surface area contributed by atoms with Crippen LogP contribution in [0.25, 0.3) is 0 Å². The molecule has 3 fully saturated rings. The molecule has 1 N–H and O–H groups in total. The maximum atomic E-state index is 3.79. The van der Waals surface area contributed by atoms with Crippen molar-refractivity contribution in [3.8, 4) is 0 Å². The zero-order chi connectivity index (χ0) is 12.4. The summed E-state index contributed by atoms with van der Waals surface area (Å²) in [6.07, 6.45) is 11.6. The third-order valence-electron chi connectivity index (χ3n) is 5.68. The smallest absolute Gasteiger partial charge is 0.0223 e. The summed E-state index contributed by atoms with van der Waals surface area (Å²) in [7, 11) is 0. The summed E-state index contributed by atoms with van der Waals surface area (Å²) in [5.41, 5.74) is 0.679. The van der Waals surface area contributed by atoms with Gasteiger partial charge in [0.05, 0.1) is 0 Å². The van der Waals surface area contributed by atoms with Crippen LogP contribution in [0.4, 0.5) is 0 Å². The van der Waals surface area contributed by atoms with Crippen LogP contribution >= 0.6 is 0 Å². The largest absolute Gasteiger partial charge is 0.312 e. The zero-order valence-corrected chi connectivity index (χ0v) is 12.1. The number of hydrogen-bond acceptors (Lipinski definition) is 2. The fourth-order valence-electron chi connectivity index (χ4n) is 4.20. The highest BCUT2D eigenvalue weighted by Crippen LogP contribution is 2.42. The van der Waals surface area contributed by atoms with Gasteiger partial charge in [0, 0.05) is 19.1 Å². The average molecular weight is 250 g/mol. The number of rotatable bonds is 4. The van der Waals surface area contributed by atoms with E-state index in [1.165, 1.54) is 77.5 Å². The second kappa shape index (κ2) is 5.50. The lowest BCUT2D eigenvalue weighted by Crippen LogP contribution is -2.43. The van der Waals surface area contributed by atoms with E-state index in [9.17, 15) is 0 Å². The van der Waals surface area contributed by atoms with Gasteiger partial charge in [-0.3, -0.25) is 0 Å². The fourth-order valence-corrected chi connectivity index (χ4v) is 4.20. The minimum absolute atomic E-state index is 0.679. The van der Waals surface area contributed by atoms with E-state index in [1.54, 1.807) is 0 Å². The Morgan fingerprint density at radius 2 is 1.94 bits per heavy atom. The van der Waals surface area contributed by atoms with Gasteiger partial charge in [0.2, 0.25) is 0 Å². The van der Waals surface area contributed by atoms with Crippen LogP contribution < -0.4 is 5.32 Å². The molecule has 0 amide bonds. The van der Waals surface area contributed by atoms with E-state index in [0.717, 1.165) is 12.0 Å². The summed E-state index contributed by atoms with van der Waals surface area (Å²) in [5.74, 6) is 1.01. The Morgan fingerprint density at radius 1 is 1.17 bits per heavy atom. The van der Waals surface area contributed by atoms with Crippen LogP contribution in [0.15, 0.2) is 0 Å². The van der Waals surface area contributed by atoms with Crippen LogP contribution in [0.3, 0.4) is 0 Å². The SMILES string of the molecule is CCC1(CN2CCCNC(C3CC3)C2)CCCC1. The molecule has 1 unspecified atom stereocenters. The van der Waals surface area contributed by atoms with E-state index < -0.39 is 0 Å². The molecule has 0 spiro atoms. The first kappa shape index (κ1) is 12.9. The molecule has 1 saturated heterocycles. The van der Waals surface area contributed by atoms with Crippen molar-refractivity contribution in [3.05, 3.63) is 0 Å². The third-order valence-corrected chi connectivity index (χ3v) is 5.68. The second-order valence-electron chi connectivity index (χ2n) is 7.05. The highest BCUT2D eigenvalue weighted by Gasteiger charge is 2.37. The molecule has 18 heavy (non-hydrogen) atoms. The predicted molar refractivity (Wildman–Crippen MR) is 76.8 cm³/mol. The molecule has 1 heterocycles. The number of hydrogen-bond donors (Lipinski definition) is 1. The first-order valence-electron chi connectivity index (χ1n) is 8.27. The van der Waals surface area contributed by atoms with Gasteiger partial charge < -0.3 is 10.2 Å². The van der Waals surface area contributed by atoms with Crippen molar-refractivity contribution in [2.75, 3.05) is 26.2 Å². The van der Waals surface area contributed by atoms with E-state index in [1.807, 2.05) is 0 Å². The van der Waals surface area contributed by atoms with Crippen LogP contribution in [0.1, 0.15) is 58.3 Å². The van der Waals surface area contributed by atoms with E-state index >= 15 is 0 Å². The van der Waals surface area contributed by atoms with Crippen molar-refractivity contribution in [3.63, 3.8) is 0 Å². The van der Waals surface area contributed by atoms with Gasteiger partial charge in [0.25, 0.3) is 0 Å². The molecule has 1 atom stereocenters. The summed E-state index contributed by atoms with van der Waals surface area (Å²) in [5, 5.41) is 3.79. The van der Waals surface area contributed by atoms with E-state index in [4.69, 9.17) is 0 Å². The number of nitrogens with zero attached hydrogens (tertiary/aromatic N) is 1. The summed E-state index contributed by atoms with van der Waals surface area (Å²) in [4.78, 5) is 2.80. The summed E-state index contributed by atoms with van der Waals surface area (Å²) in [6.45, 7) is 7.70. The molecule has 1 aliphatic heterocycles. The zero-order valence-electron chi connectivity index (χ0n) is 12.1. The van der Waals surface area contributed by atoms with Crippen molar-refractivity contribution in [1.29, 1.82) is 0 Å². The van der Waals surface area contributed by atoms with Crippen LogP contribution in [-0.4, -0.2) is 37.1 Å². The van der Waals surface area contributed by atoms with Gasteiger partial charge in [-0.2, -0.15) is 0 Å². The van der Waals surface area contributed by atoms with Gasteiger partial charge >= 0.3 is 0 Å². The molecule has 2 heteroatoms. The Morgan fingerprint density at radius 3 is 2.61 bits per heavy atom. The van der Waals surface area contributed by atoms with Gasteiger partial charge in [0.1, 0.15) is 0 Å². The predicted octanol–water partition coefficient (Wildman–Crippen LogP) is 3.03. The van der Waals surface area contributed by atoms with Crippen molar-refractivity contribution in [2.24, 2.45) is 11.3 Å². The first-order valence-corrected chi connectivity index (χ1v) is 8.27. The highest BCUT2D eigenvalue weighted by atomic mass is 15.2. The molecule has 2 aliphatic carbocycles. The lowest BCUT2D eigenvalue weighted by Gasteiger charge is -2.35. The molecule has 0 aromatic carbocycles. The third kappa shape index (κ3) is 2.91. The molecule has 104 valence electrons. The van der Waals surface area contributed by atoms with Crippen LogP contribution in [-0.2, 0) is 0 Å². The molecular formula is C16H30N2. The summed E-state index contributed by atoms with van der Waals surface area (Å²) >= 11 is 0. The summed E-state index contributed by atoms with van der Waals surface area (Å²) in [6, 6.07) is 0.808. The second-order valence-corrected chi connectivity index (χ2v) is 7.05. The topological polar surface area (TPSA) is 15.3 Å². The lowest BCUT2D eigenvalue weighted by molar-refractivity contribution is 0.142. The Bertz CT molecular complexity index is 266. The average Bonchev–Trinajstić information content (AvgIpc) is 3.15. The standard InChI is InChI=1S/C16H30N2/c1-2-16(8-3-4-9-16)13-18-11-5-10-17-15(12-18)14-6-7-14/h14-15,17H,2-13H2,1H3. The van der Waals surface area contributed by atoms with Gasteiger partial charge in [-0.1, -0.05) is 19.8 Å². The molecule has 2 nitrogen and oxygen atoms in total. The van der Waals surface area contributed by atoms with Crippen LogP contribution in [0.2, 0.25) is 0 Å². The van der Waals surface area contributed by atoms with Crippen molar-refractivity contribution in [2.45, 2.75) is 64.3 Å². The van der Waals surface area contributed by atoms with E-state index in [0.29, 0.717) is 5.41 Å². The van der Waals surface area contributed by atoms with Gasteiger partial charge in [-0.05, 0) is 62.9 Å². The molecule has 2 saturated carbocycles. The van der Waals surface area contributed by atoms with Crippen molar-refractivity contribution in [1.82, 2.24) is 10.2 Å². The molecule has 0 radical (unpaired) electrons. The minimum atomic E-state index is 0.679. The minimum Gasteiger partial charge on any atom is -0.312 e. The Hall–Kier alpha value is -0.0800. The molecule has 0 bridgehead atoms. The van der Waals surface area contributed by atoms with Gasteiger partial charge in [-0.15, -0.1) is 0 Å². The quantitative estimate of drug-likeness (QED) is 0.825. The Labute approximate surface area is 113 Å². The number of nitrogens with one attached hydrogen (secondary N) is 1. The van der Waals surface area contributed by atoms with Crippen molar-refractivity contribution < 1.29 is 0 Å². The lowest BCUT2D eigenvalue weighted by atomic mass is 9.82. The van der Waals surface area contributed by atoms with E-state index in [-0.39, 0.29) is 0 Å². The normalized spacial score (nSPS) is 33.5. The molecule has 0 aromatic heterocycles. The first-order chi connectivity index (χ1) is 8.81. The maximum Gasteiger partial charge on any atom is 0.0223 e. The molecule has 0 aromatic rings. The summed E-state index contributed by atoms with van der Waals surface area (Å²) < 4.78 is 0. The molecular weight excluding hydrogens is 220 g/mol. The van der Waals surface area contributed by atoms with Crippen molar-refractivity contribution >= 4 is 0 Å². The van der Waals surface area contributed by atoms with Crippen LogP contribution in [0.5, 0.6) is 0 Å². The molecule has 3 aliphatic rings. The monoisotopic (exact) mass is 250 g/mol. The Balaban J connectivity index is 1.59. The van der Waals surface area contributed by atoms with Gasteiger partial charge in [-0.25, -0.2) is 0 Å². The highest BCUT2D eigenvalue weighted by molar-refractivity contribution is 4.93. The van der Waals surface area contributed by atoms with Gasteiger partial charge in [0.15, 0.2) is 0 Å². The fraction of sp³-hybridized carbons (Fsp3) is 1.00. The molecule has 3 rings (SSSR count). The van der Waals surface area contributed by atoms with Crippen LogP contribution in [0, 0.1) is 11.3 Å². The van der Waals surface area contributed by atoms with E-state index in [2.05, 4.69) is 17.1 Å².